The van der Waals surface area contributed by atoms with Gasteiger partial charge in [0.2, 0.25) is 5.91 Å². The Hall–Kier alpha value is -1.93. The van der Waals surface area contributed by atoms with Gasteiger partial charge in [-0.1, -0.05) is 15.9 Å². The average molecular weight is 384 g/mol. The van der Waals surface area contributed by atoms with E-state index in [1.54, 1.807) is 24.4 Å². The average Bonchev–Trinajstić information content (AvgIpc) is 2.87. The molecule has 0 radical (unpaired) electrons. The predicted octanol–water partition coefficient (Wildman–Crippen LogP) is 2.34. The number of aromatic nitrogens is 1. The highest BCUT2D eigenvalue weighted by Crippen LogP contribution is 2.19. The Bertz CT molecular complexity index is 672. The first-order valence-electron chi connectivity index (χ1n) is 6.40. The van der Waals surface area contributed by atoms with Crippen LogP contribution >= 0.6 is 27.3 Å². The lowest BCUT2D eigenvalue weighted by atomic mass is 10.3. The van der Waals surface area contributed by atoms with Crippen LogP contribution < -0.4 is 15.8 Å². The number of thiazole rings is 1. The summed E-state index contributed by atoms with van der Waals surface area (Å²) in [6, 6.07) is 7.19. The number of hydrogen-bond acceptors (Lipinski definition) is 5. The number of nitrogens with one attached hydrogen (secondary N) is 1. The maximum Gasteiger partial charge on any atom is 0.266 e. The minimum atomic E-state index is -0.676. The van der Waals surface area contributed by atoms with Gasteiger partial charge in [0.25, 0.3) is 5.91 Å². The zero-order chi connectivity index (χ0) is 16.1. The molecule has 0 aliphatic carbocycles. The fraction of sp³-hybridized carbons (Fsp3) is 0.214. The number of amides is 2. The second kappa shape index (κ2) is 7.37. The molecule has 2 rings (SSSR count). The summed E-state index contributed by atoms with van der Waals surface area (Å²) in [5.41, 5.74) is 5.63. The molecule has 6 nitrogen and oxygen atoms in total. The van der Waals surface area contributed by atoms with Gasteiger partial charge >= 0.3 is 0 Å². The molecule has 1 atom stereocenters. The molecule has 8 heteroatoms. The molecule has 3 N–H and O–H groups in total. The number of ether oxygens (including phenoxy) is 1. The zero-order valence-corrected chi connectivity index (χ0v) is 14.1. The highest BCUT2D eigenvalue weighted by atomic mass is 79.9. The van der Waals surface area contributed by atoms with Crippen LogP contribution in [0.5, 0.6) is 5.75 Å². The summed E-state index contributed by atoms with van der Waals surface area (Å²) in [5, 5.41) is 4.74. The van der Waals surface area contributed by atoms with Crippen molar-refractivity contribution in [2.24, 2.45) is 5.73 Å². The van der Waals surface area contributed by atoms with E-state index in [0.29, 0.717) is 16.6 Å². The molecule has 1 heterocycles. The molecule has 0 spiro atoms. The quantitative estimate of drug-likeness (QED) is 0.799. The maximum absolute atomic E-state index is 12.0. The van der Waals surface area contributed by atoms with Crippen LogP contribution in [0.15, 0.2) is 34.1 Å². The van der Waals surface area contributed by atoms with Gasteiger partial charge in [0.15, 0.2) is 11.2 Å². The lowest BCUT2D eigenvalue weighted by molar-refractivity contribution is -0.122. The number of benzene rings is 1. The molecule has 0 saturated carbocycles. The number of nitrogens with zero attached hydrogens (tertiary/aromatic N) is 1. The van der Waals surface area contributed by atoms with Crippen molar-refractivity contribution in [2.45, 2.75) is 19.4 Å². The summed E-state index contributed by atoms with van der Waals surface area (Å²) < 4.78 is 6.48. The lowest BCUT2D eigenvalue weighted by Gasteiger charge is -2.13. The third kappa shape index (κ3) is 4.81. The van der Waals surface area contributed by atoms with E-state index in [1.807, 2.05) is 12.1 Å². The first-order chi connectivity index (χ1) is 10.4. The fourth-order valence-corrected chi connectivity index (χ4v) is 2.58. The number of carbonyl (C=O) groups is 2. The van der Waals surface area contributed by atoms with E-state index in [0.717, 1.165) is 4.47 Å². The van der Waals surface area contributed by atoms with Crippen LogP contribution in [0, 0.1) is 0 Å². The van der Waals surface area contributed by atoms with Gasteiger partial charge in [-0.2, -0.15) is 0 Å². The van der Waals surface area contributed by atoms with Crippen molar-refractivity contribution in [3.05, 3.63) is 39.8 Å². The Balaban J connectivity index is 1.92. The Kier molecular flexibility index (Phi) is 5.51. The first kappa shape index (κ1) is 16.4. The number of hydrogen-bond donors (Lipinski definition) is 2. The molecule has 0 aliphatic rings. The van der Waals surface area contributed by atoms with Crippen LogP contribution in [0.25, 0.3) is 0 Å². The fourth-order valence-electron chi connectivity index (χ4n) is 1.60. The molecule has 1 unspecified atom stereocenters. The summed E-state index contributed by atoms with van der Waals surface area (Å²) in [6.45, 7) is 1.65. The van der Waals surface area contributed by atoms with Gasteiger partial charge in [-0.3, -0.25) is 14.9 Å². The third-order valence-electron chi connectivity index (χ3n) is 2.63. The molecule has 1 aromatic carbocycles. The highest BCUT2D eigenvalue weighted by Gasteiger charge is 2.16. The van der Waals surface area contributed by atoms with Crippen LogP contribution in [0.4, 0.5) is 5.13 Å². The summed E-state index contributed by atoms with van der Waals surface area (Å²) >= 11 is 4.56. The highest BCUT2D eigenvalue weighted by molar-refractivity contribution is 9.10. The lowest BCUT2D eigenvalue weighted by Crippen LogP contribution is -2.30. The molecular formula is C14H14BrN3O3S. The van der Waals surface area contributed by atoms with E-state index in [2.05, 4.69) is 26.2 Å². The normalized spacial score (nSPS) is 11.7. The number of nitrogens with two attached hydrogens (primary N) is 1. The largest absolute Gasteiger partial charge is 0.481 e. The standard InChI is InChI=1S/C14H14BrN3O3S/c1-8(21-11-4-2-9(15)3-5-11)13(20)18-14-17-10(7-22-14)6-12(16)19/h2-5,7-8H,6H2,1H3,(H2,16,19)(H,17,18,20). The van der Waals surface area contributed by atoms with Crippen molar-refractivity contribution in [3.63, 3.8) is 0 Å². The van der Waals surface area contributed by atoms with Gasteiger partial charge in [0.05, 0.1) is 12.1 Å². The zero-order valence-electron chi connectivity index (χ0n) is 11.7. The minimum absolute atomic E-state index is 0.0529. The van der Waals surface area contributed by atoms with E-state index in [9.17, 15) is 9.59 Å². The Morgan fingerprint density at radius 3 is 2.73 bits per heavy atom. The number of anilines is 1. The van der Waals surface area contributed by atoms with Gasteiger partial charge < -0.3 is 10.5 Å². The molecule has 0 bridgehead atoms. The van der Waals surface area contributed by atoms with Crippen molar-refractivity contribution >= 4 is 44.2 Å². The Morgan fingerprint density at radius 2 is 2.09 bits per heavy atom. The van der Waals surface area contributed by atoms with E-state index in [4.69, 9.17) is 10.5 Å². The molecule has 22 heavy (non-hydrogen) atoms. The van der Waals surface area contributed by atoms with Gasteiger partial charge in [0, 0.05) is 9.85 Å². The summed E-state index contributed by atoms with van der Waals surface area (Å²) in [5.74, 6) is -0.183. The topological polar surface area (TPSA) is 94.3 Å². The molecule has 0 aliphatic heterocycles. The van der Waals surface area contributed by atoms with Gasteiger partial charge in [0.1, 0.15) is 5.75 Å². The molecule has 116 valence electrons. The van der Waals surface area contributed by atoms with Crippen LogP contribution in [0.1, 0.15) is 12.6 Å². The molecule has 0 saturated heterocycles. The van der Waals surface area contributed by atoms with Crippen molar-refractivity contribution in [3.8, 4) is 5.75 Å². The predicted molar refractivity (Wildman–Crippen MR) is 87.9 cm³/mol. The van der Waals surface area contributed by atoms with E-state index in [-0.39, 0.29) is 12.3 Å². The molecular weight excluding hydrogens is 370 g/mol. The van der Waals surface area contributed by atoms with E-state index < -0.39 is 12.0 Å². The Morgan fingerprint density at radius 1 is 1.41 bits per heavy atom. The van der Waals surface area contributed by atoms with Crippen LogP contribution in [0.3, 0.4) is 0 Å². The molecule has 2 aromatic rings. The van der Waals surface area contributed by atoms with E-state index in [1.165, 1.54) is 11.3 Å². The monoisotopic (exact) mass is 383 g/mol. The third-order valence-corrected chi connectivity index (χ3v) is 3.97. The van der Waals surface area contributed by atoms with Gasteiger partial charge in [-0.05, 0) is 31.2 Å². The number of primary amides is 1. The summed E-state index contributed by atoms with van der Waals surface area (Å²) in [6.07, 6.45) is -0.623. The van der Waals surface area contributed by atoms with Crippen molar-refractivity contribution in [2.75, 3.05) is 5.32 Å². The van der Waals surface area contributed by atoms with Gasteiger partial charge in [-0.25, -0.2) is 4.98 Å². The van der Waals surface area contributed by atoms with Crippen LogP contribution in [0.2, 0.25) is 0 Å². The number of carbonyl (C=O) groups excluding carboxylic acids is 2. The molecule has 1 aromatic heterocycles. The van der Waals surface area contributed by atoms with Crippen LogP contribution in [-0.4, -0.2) is 22.9 Å². The smallest absolute Gasteiger partial charge is 0.266 e. The molecule has 0 fully saturated rings. The first-order valence-corrected chi connectivity index (χ1v) is 8.07. The summed E-state index contributed by atoms with van der Waals surface area (Å²) in [7, 11) is 0. The minimum Gasteiger partial charge on any atom is -0.481 e. The van der Waals surface area contributed by atoms with Crippen molar-refractivity contribution in [1.82, 2.24) is 4.98 Å². The summed E-state index contributed by atoms with van der Waals surface area (Å²) in [4.78, 5) is 27.0. The second-order valence-corrected chi connectivity index (χ2v) is 6.26. The second-order valence-electron chi connectivity index (χ2n) is 4.49. The number of halogens is 1. The maximum atomic E-state index is 12.0. The molecule has 2 amide bonds. The van der Waals surface area contributed by atoms with E-state index >= 15 is 0 Å². The SMILES string of the molecule is CC(Oc1ccc(Br)cc1)C(=O)Nc1nc(CC(N)=O)cs1. The van der Waals surface area contributed by atoms with Crippen molar-refractivity contribution in [1.29, 1.82) is 0 Å². The Labute approximate surface area is 139 Å². The number of rotatable bonds is 6. The van der Waals surface area contributed by atoms with Gasteiger partial charge in [-0.15, -0.1) is 11.3 Å². The van der Waals surface area contributed by atoms with Crippen LogP contribution in [-0.2, 0) is 16.0 Å². The van der Waals surface area contributed by atoms with Crippen molar-refractivity contribution < 1.29 is 14.3 Å².